The molecule has 5 rings (SSSR count). The first-order valence-electron chi connectivity index (χ1n) is 15.9. The van der Waals surface area contributed by atoms with E-state index in [1.54, 1.807) is 0 Å². The number of carbonyl (C=O) groups is 2. The number of amides is 2. The minimum absolute atomic E-state index is 0.117. The molecule has 0 spiro atoms. The summed E-state index contributed by atoms with van der Waals surface area (Å²) in [4.78, 5) is 30.4. The summed E-state index contributed by atoms with van der Waals surface area (Å²) in [6, 6.07) is 24.0. The number of hydrogen-bond acceptors (Lipinski definition) is 5. The van der Waals surface area contributed by atoms with Gasteiger partial charge in [-0.1, -0.05) is 81.4 Å². The normalized spacial score (nSPS) is 16.5. The van der Waals surface area contributed by atoms with Gasteiger partial charge in [0.05, 0.1) is 12.3 Å². The minimum Gasteiger partial charge on any atom is -0.446 e. The first-order valence-corrected chi connectivity index (χ1v) is 18.8. The maximum Gasteiger partial charge on any atom is 0.411 e. The Morgan fingerprint density at radius 1 is 0.909 bits per heavy atom. The van der Waals surface area contributed by atoms with Crippen LogP contribution in [-0.4, -0.2) is 68.9 Å². The first-order chi connectivity index (χ1) is 21.0. The molecule has 0 aromatic heterocycles. The fraction of sp³-hybridized carbons (Fsp3) is 0.444. The lowest BCUT2D eigenvalue weighted by Crippen LogP contribution is -2.45. The van der Waals surface area contributed by atoms with Crippen LogP contribution >= 0.6 is 0 Å². The number of nitrogens with one attached hydrogen (secondary N) is 1. The highest BCUT2D eigenvalue weighted by molar-refractivity contribution is 6.74. The molecule has 1 saturated heterocycles. The summed E-state index contributed by atoms with van der Waals surface area (Å²) < 4.78 is 12.2. The van der Waals surface area contributed by atoms with Crippen LogP contribution in [0.25, 0.3) is 11.1 Å². The number of benzene rings is 3. The quantitative estimate of drug-likeness (QED) is 0.252. The van der Waals surface area contributed by atoms with Gasteiger partial charge in [0, 0.05) is 43.9 Å². The SMILES string of the molecule is CC(C)(C)[Si](C)(C)OCc1ccc2c(c1)CCN(CCN1CCC(OC(=O)Nc3ccccc3-c3ccccc3)CC1)C2=O. The van der Waals surface area contributed by atoms with E-state index in [0.717, 1.165) is 78.9 Å². The van der Waals surface area contributed by atoms with Crippen molar-refractivity contribution in [2.75, 3.05) is 38.0 Å². The largest absolute Gasteiger partial charge is 0.446 e. The van der Waals surface area contributed by atoms with E-state index in [1.807, 2.05) is 65.6 Å². The van der Waals surface area contributed by atoms with Gasteiger partial charge in [-0.3, -0.25) is 10.1 Å². The number of para-hydroxylation sites is 1. The van der Waals surface area contributed by atoms with Crippen LogP contribution in [0, 0.1) is 0 Å². The van der Waals surface area contributed by atoms with Crippen LogP contribution in [0.3, 0.4) is 0 Å². The molecule has 0 unspecified atom stereocenters. The molecule has 8 heteroatoms. The molecule has 7 nitrogen and oxygen atoms in total. The number of fused-ring (bicyclic) bond motifs is 1. The third-order valence-electron chi connectivity index (χ3n) is 9.49. The molecule has 0 aliphatic carbocycles. The second-order valence-electron chi connectivity index (χ2n) is 13.6. The van der Waals surface area contributed by atoms with Crippen LogP contribution in [0.5, 0.6) is 0 Å². The molecule has 2 aliphatic rings. The summed E-state index contributed by atoms with van der Waals surface area (Å²) in [5.41, 5.74) is 5.85. The lowest BCUT2D eigenvalue weighted by molar-refractivity contribution is 0.0517. The van der Waals surface area contributed by atoms with Crippen molar-refractivity contribution in [3.05, 3.63) is 89.5 Å². The molecule has 3 aromatic carbocycles. The lowest BCUT2D eigenvalue weighted by Gasteiger charge is -2.36. The van der Waals surface area contributed by atoms with Crippen molar-refractivity contribution in [2.45, 2.75) is 70.9 Å². The molecule has 2 amide bonds. The summed E-state index contributed by atoms with van der Waals surface area (Å²) in [6.07, 6.45) is 1.90. The molecule has 2 heterocycles. The van der Waals surface area contributed by atoms with Crippen LogP contribution in [0.15, 0.2) is 72.8 Å². The second kappa shape index (κ2) is 13.7. The van der Waals surface area contributed by atoms with E-state index in [-0.39, 0.29) is 17.0 Å². The molecule has 0 saturated carbocycles. The average Bonchev–Trinajstić information content (AvgIpc) is 3.00. The van der Waals surface area contributed by atoms with Crippen LogP contribution in [-0.2, 0) is 22.2 Å². The van der Waals surface area contributed by atoms with Crippen molar-refractivity contribution in [3.63, 3.8) is 0 Å². The van der Waals surface area contributed by atoms with Crippen LogP contribution in [0.2, 0.25) is 18.1 Å². The van der Waals surface area contributed by atoms with E-state index >= 15 is 0 Å². The number of carbonyl (C=O) groups excluding carboxylic acids is 2. The Balaban J connectivity index is 1.06. The van der Waals surface area contributed by atoms with Crippen molar-refractivity contribution >= 4 is 26.0 Å². The maximum absolute atomic E-state index is 13.3. The highest BCUT2D eigenvalue weighted by Crippen LogP contribution is 2.37. The fourth-order valence-electron chi connectivity index (χ4n) is 5.64. The second-order valence-corrected chi connectivity index (χ2v) is 18.4. The topological polar surface area (TPSA) is 71.1 Å². The van der Waals surface area contributed by atoms with Crippen molar-refractivity contribution in [1.82, 2.24) is 9.80 Å². The zero-order valence-electron chi connectivity index (χ0n) is 26.9. The molecule has 1 N–H and O–H groups in total. The van der Waals surface area contributed by atoms with E-state index in [2.05, 4.69) is 56.2 Å². The first kappa shape index (κ1) is 31.9. The molecule has 3 aromatic rings. The Kier molecular flexibility index (Phi) is 9.93. The van der Waals surface area contributed by atoms with Crippen LogP contribution in [0.4, 0.5) is 10.5 Å². The average molecular weight is 614 g/mol. The molecule has 2 aliphatic heterocycles. The van der Waals surface area contributed by atoms with Gasteiger partial charge in [0.1, 0.15) is 6.10 Å². The van der Waals surface area contributed by atoms with Gasteiger partial charge in [-0.15, -0.1) is 0 Å². The molecule has 0 bridgehead atoms. The van der Waals surface area contributed by atoms with Gasteiger partial charge in [-0.25, -0.2) is 4.79 Å². The van der Waals surface area contributed by atoms with E-state index in [1.165, 1.54) is 0 Å². The number of rotatable bonds is 9. The molecule has 234 valence electrons. The van der Waals surface area contributed by atoms with Gasteiger partial charge in [0.2, 0.25) is 0 Å². The van der Waals surface area contributed by atoms with E-state index in [0.29, 0.717) is 13.2 Å². The third kappa shape index (κ3) is 7.78. The monoisotopic (exact) mass is 613 g/mol. The summed E-state index contributed by atoms with van der Waals surface area (Å²) in [7, 11) is -1.83. The fourth-order valence-corrected chi connectivity index (χ4v) is 6.60. The predicted molar refractivity (Wildman–Crippen MR) is 179 cm³/mol. The van der Waals surface area contributed by atoms with Gasteiger partial charge in [-0.05, 0) is 66.2 Å². The standard InChI is InChI=1S/C36H47N3O4Si/c1-36(2,3)44(4,5)42-26-27-15-16-32-29(25-27)17-22-39(34(32)40)24-23-38-20-18-30(19-21-38)43-35(41)37-33-14-10-9-13-31(33)28-11-7-6-8-12-28/h6-16,25,30H,17-24,26H2,1-5H3,(H,37,41). The molecule has 1 fully saturated rings. The van der Waals surface area contributed by atoms with E-state index < -0.39 is 14.4 Å². The smallest absolute Gasteiger partial charge is 0.411 e. The molecule has 0 atom stereocenters. The van der Waals surface area contributed by atoms with Gasteiger partial charge >= 0.3 is 6.09 Å². The maximum atomic E-state index is 13.3. The Bertz CT molecular complexity index is 1450. The predicted octanol–water partition coefficient (Wildman–Crippen LogP) is 7.59. The minimum atomic E-state index is -1.83. The number of piperidine rings is 1. The molecular weight excluding hydrogens is 566 g/mol. The van der Waals surface area contributed by atoms with Crippen molar-refractivity contribution in [1.29, 1.82) is 0 Å². The zero-order chi connectivity index (χ0) is 31.3. The third-order valence-corrected chi connectivity index (χ3v) is 14.0. The Morgan fingerprint density at radius 2 is 1.61 bits per heavy atom. The highest BCUT2D eigenvalue weighted by atomic mass is 28.4. The van der Waals surface area contributed by atoms with Gasteiger partial charge in [-0.2, -0.15) is 0 Å². The van der Waals surface area contributed by atoms with Gasteiger partial charge < -0.3 is 19.0 Å². The van der Waals surface area contributed by atoms with Gasteiger partial charge in [0.15, 0.2) is 8.32 Å². The van der Waals surface area contributed by atoms with E-state index in [4.69, 9.17) is 9.16 Å². The highest BCUT2D eigenvalue weighted by Gasteiger charge is 2.37. The van der Waals surface area contributed by atoms with E-state index in [9.17, 15) is 9.59 Å². The number of nitrogens with zero attached hydrogens (tertiary/aromatic N) is 2. The summed E-state index contributed by atoms with van der Waals surface area (Å²) >= 11 is 0. The molecular formula is C36H47N3O4Si. The number of hydrogen-bond donors (Lipinski definition) is 1. The molecule has 0 radical (unpaired) electrons. The van der Waals surface area contributed by atoms with Crippen LogP contribution < -0.4 is 5.32 Å². The van der Waals surface area contributed by atoms with Crippen molar-refractivity contribution in [2.24, 2.45) is 0 Å². The van der Waals surface area contributed by atoms with Crippen LogP contribution in [0.1, 0.15) is 55.1 Å². The zero-order valence-corrected chi connectivity index (χ0v) is 27.9. The lowest BCUT2D eigenvalue weighted by atomic mass is 9.96. The summed E-state index contributed by atoms with van der Waals surface area (Å²) in [6.45, 7) is 15.8. The van der Waals surface area contributed by atoms with Gasteiger partial charge in [0.25, 0.3) is 5.91 Å². The summed E-state index contributed by atoms with van der Waals surface area (Å²) in [5, 5.41) is 3.12. The van der Waals surface area contributed by atoms with Crippen molar-refractivity contribution < 1.29 is 18.8 Å². The molecule has 44 heavy (non-hydrogen) atoms. The number of likely N-dealkylation sites (tertiary alicyclic amines) is 1. The Labute approximate surface area is 263 Å². The summed E-state index contributed by atoms with van der Waals surface area (Å²) in [5.74, 6) is 0.119. The Morgan fingerprint density at radius 3 is 2.34 bits per heavy atom. The number of ether oxygens (including phenoxy) is 1. The van der Waals surface area contributed by atoms with Crippen molar-refractivity contribution in [3.8, 4) is 11.1 Å². The number of anilines is 1. The Hall–Kier alpha value is -3.46.